The molecule has 128 valence electrons. The zero-order chi connectivity index (χ0) is 17.1. The number of phenols is 1. The summed E-state index contributed by atoms with van der Waals surface area (Å²) in [5, 5.41) is 29.3. The fourth-order valence-electron chi connectivity index (χ4n) is 3.17. The highest BCUT2D eigenvalue weighted by Crippen LogP contribution is 2.38. The minimum atomic E-state index is -0.330. The third-order valence-corrected chi connectivity index (χ3v) is 4.54. The SMILES string of the molecule is Cc1ccccc1-c1cc(O)c2c(c1)CN(C(CO)CO)CCO2. The molecule has 0 aromatic heterocycles. The van der Waals surface area contributed by atoms with Crippen molar-refractivity contribution in [2.45, 2.75) is 19.5 Å². The van der Waals surface area contributed by atoms with Crippen LogP contribution < -0.4 is 4.74 Å². The molecule has 24 heavy (non-hydrogen) atoms. The minimum Gasteiger partial charge on any atom is -0.504 e. The molecular weight excluding hydrogens is 306 g/mol. The molecule has 5 nitrogen and oxygen atoms in total. The summed E-state index contributed by atoms with van der Waals surface area (Å²) in [6.45, 7) is 3.30. The maximum Gasteiger partial charge on any atom is 0.165 e. The molecule has 0 radical (unpaired) electrons. The van der Waals surface area contributed by atoms with Crippen molar-refractivity contribution in [2.24, 2.45) is 0 Å². The highest BCUT2D eigenvalue weighted by atomic mass is 16.5. The van der Waals surface area contributed by atoms with E-state index in [-0.39, 0.29) is 25.0 Å². The summed E-state index contributed by atoms with van der Waals surface area (Å²) in [5.41, 5.74) is 3.98. The van der Waals surface area contributed by atoms with E-state index in [2.05, 4.69) is 0 Å². The smallest absolute Gasteiger partial charge is 0.165 e. The Bertz CT molecular complexity index is 713. The fourth-order valence-corrected chi connectivity index (χ4v) is 3.17. The van der Waals surface area contributed by atoms with Gasteiger partial charge in [0.2, 0.25) is 0 Å². The van der Waals surface area contributed by atoms with Crippen LogP contribution in [0.2, 0.25) is 0 Å². The molecular formula is C19H23NO4. The maximum atomic E-state index is 10.4. The summed E-state index contributed by atoms with van der Waals surface area (Å²) < 4.78 is 5.71. The molecule has 3 rings (SSSR count). The number of fused-ring (bicyclic) bond motifs is 1. The molecule has 1 aliphatic heterocycles. The van der Waals surface area contributed by atoms with E-state index in [1.54, 1.807) is 6.07 Å². The third-order valence-electron chi connectivity index (χ3n) is 4.54. The summed E-state index contributed by atoms with van der Waals surface area (Å²) in [4.78, 5) is 1.98. The second kappa shape index (κ2) is 7.21. The number of phenolic OH excluding ortho intramolecular Hbond substituents is 1. The molecule has 0 unspecified atom stereocenters. The first-order valence-electron chi connectivity index (χ1n) is 8.14. The lowest BCUT2D eigenvalue weighted by Gasteiger charge is -2.27. The van der Waals surface area contributed by atoms with Crippen molar-refractivity contribution in [2.75, 3.05) is 26.4 Å². The van der Waals surface area contributed by atoms with Crippen molar-refractivity contribution >= 4 is 0 Å². The van der Waals surface area contributed by atoms with Gasteiger partial charge in [-0.3, -0.25) is 4.90 Å². The predicted octanol–water partition coefficient (Wildman–Crippen LogP) is 1.92. The Kier molecular flexibility index (Phi) is 5.04. The van der Waals surface area contributed by atoms with Gasteiger partial charge in [-0.25, -0.2) is 0 Å². The van der Waals surface area contributed by atoms with E-state index in [0.717, 1.165) is 22.3 Å². The second-order valence-electron chi connectivity index (χ2n) is 6.14. The lowest BCUT2D eigenvalue weighted by Crippen LogP contribution is -2.41. The Morgan fingerprint density at radius 3 is 2.62 bits per heavy atom. The maximum absolute atomic E-state index is 10.4. The number of rotatable bonds is 4. The van der Waals surface area contributed by atoms with Gasteiger partial charge < -0.3 is 20.1 Å². The molecule has 0 amide bonds. The number of aliphatic hydroxyl groups excluding tert-OH is 2. The molecule has 0 atom stereocenters. The number of aliphatic hydroxyl groups is 2. The Morgan fingerprint density at radius 1 is 1.17 bits per heavy atom. The van der Waals surface area contributed by atoms with Crippen molar-refractivity contribution in [3.8, 4) is 22.6 Å². The Balaban J connectivity index is 2.01. The summed E-state index contributed by atoms with van der Waals surface area (Å²) in [7, 11) is 0. The Hall–Kier alpha value is -2.08. The van der Waals surface area contributed by atoms with Crippen LogP contribution >= 0.6 is 0 Å². The standard InChI is InChI=1S/C19H23NO4/c1-13-4-2-3-5-17(13)14-8-15-10-20(16(11-21)12-22)6-7-24-19(15)18(23)9-14/h2-5,8-9,16,21-23H,6-7,10-12H2,1H3. The number of nitrogens with zero attached hydrogens (tertiary/aromatic N) is 1. The number of hydrogen-bond acceptors (Lipinski definition) is 5. The number of hydrogen-bond donors (Lipinski definition) is 3. The average molecular weight is 329 g/mol. The van der Waals surface area contributed by atoms with Crippen LogP contribution in [0.15, 0.2) is 36.4 Å². The molecule has 1 heterocycles. The quantitative estimate of drug-likeness (QED) is 0.799. The minimum absolute atomic E-state index is 0.116. The van der Waals surface area contributed by atoms with Crippen LogP contribution in [0.5, 0.6) is 11.5 Å². The van der Waals surface area contributed by atoms with Gasteiger partial charge in [0.15, 0.2) is 11.5 Å². The van der Waals surface area contributed by atoms with Gasteiger partial charge in [-0.15, -0.1) is 0 Å². The summed E-state index contributed by atoms with van der Waals surface area (Å²) in [5.74, 6) is 0.613. The molecule has 1 aliphatic rings. The van der Waals surface area contributed by atoms with E-state index in [1.165, 1.54) is 0 Å². The molecule has 0 aliphatic carbocycles. The van der Waals surface area contributed by atoms with Gasteiger partial charge in [0.05, 0.1) is 19.3 Å². The van der Waals surface area contributed by atoms with Gasteiger partial charge in [-0.1, -0.05) is 24.3 Å². The van der Waals surface area contributed by atoms with Crippen LogP contribution in [-0.2, 0) is 6.54 Å². The van der Waals surface area contributed by atoms with Crippen molar-refractivity contribution in [3.05, 3.63) is 47.5 Å². The number of ether oxygens (including phenoxy) is 1. The molecule has 3 N–H and O–H groups in total. The molecule has 2 aromatic rings. The van der Waals surface area contributed by atoms with E-state index >= 15 is 0 Å². The lowest BCUT2D eigenvalue weighted by molar-refractivity contribution is 0.0650. The third kappa shape index (κ3) is 3.24. The first kappa shape index (κ1) is 16.8. The van der Waals surface area contributed by atoms with Crippen LogP contribution in [-0.4, -0.2) is 52.6 Å². The van der Waals surface area contributed by atoms with Crippen LogP contribution in [0.1, 0.15) is 11.1 Å². The van der Waals surface area contributed by atoms with Crippen molar-refractivity contribution in [1.29, 1.82) is 0 Å². The molecule has 2 aromatic carbocycles. The van der Waals surface area contributed by atoms with Crippen molar-refractivity contribution < 1.29 is 20.1 Å². The summed E-state index contributed by atoms with van der Waals surface area (Å²) in [6, 6.07) is 11.4. The molecule has 0 saturated heterocycles. The molecule has 0 saturated carbocycles. The Morgan fingerprint density at radius 2 is 1.92 bits per heavy atom. The van der Waals surface area contributed by atoms with E-state index in [9.17, 15) is 15.3 Å². The van der Waals surface area contributed by atoms with Crippen LogP contribution in [0.3, 0.4) is 0 Å². The number of aromatic hydroxyl groups is 1. The summed E-state index contributed by atoms with van der Waals surface area (Å²) >= 11 is 0. The fraction of sp³-hybridized carbons (Fsp3) is 0.368. The number of aryl methyl sites for hydroxylation is 1. The van der Waals surface area contributed by atoms with Gasteiger partial charge in [0.25, 0.3) is 0 Å². The summed E-state index contributed by atoms with van der Waals surface area (Å²) in [6.07, 6.45) is 0. The zero-order valence-corrected chi connectivity index (χ0v) is 13.8. The van der Waals surface area contributed by atoms with Crippen LogP contribution in [0.25, 0.3) is 11.1 Å². The van der Waals surface area contributed by atoms with E-state index in [4.69, 9.17) is 4.74 Å². The molecule has 0 spiro atoms. The van der Waals surface area contributed by atoms with Gasteiger partial charge in [0.1, 0.15) is 6.61 Å². The lowest BCUT2D eigenvalue weighted by atomic mass is 9.97. The van der Waals surface area contributed by atoms with Crippen LogP contribution in [0.4, 0.5) is 0 Å². The molecule has 0 bridgehead atoms. The zero-order valence-electron chi connectivity index (χ0n) is 13.8. The average Bonchev–Trinajstić information content (AvgIpc) is 2.79. The highest BCUT2D eigenvalue weighted by molar-refractivity contribution is 5.71. The molecule has 5 heteroatoms. The first-order valence-corrected chi connectivity index (χ1v) is 8.14. The van der Waals surface area contributed by atoms with Gasteiger partial charge in [-0.2, -0.15) is 0 Å². The van der Waals surface area contributed by atoms with E-state index in [0.29, 0.717) is 25.4 Å². The van der Waals surface area contributed by atoms with Crippen LogP contribution in [0, 0.1) is 6.92 Å². The monoisotopic (exact) mass is 329 g/mol. The predicted molar refractivity (Wildman–Crippen MR) is 92.1 cm³/mol. The second-order valence-corrected chi connectivity index (χ2v) is 6.14. The highest BCUT2D eigenvalue weighted by Gasteiger charge is 2.24. The van der Waals surface area contributed by atoms with E-state index in [1.807, 2.05) is 42.2 Å². The topological polar surface area (TPSA) is 73.2 Å². The Labute approximate surface area is 141 Å². The largest absolute Gasteiger partial charge is 0.504 e. The molecule has 0 fully saturated rings. The first-order chi connectivity index (χ1) is 11.6. The van der Waals surface area contributed by atoms with Gasteiger partial charge in [0, 0.05) is 18.7 Å². The van der Waals surface area contributed by atoms with Crippen molar-refractivity contribution in [1.82, 2.24) is 4.90 Å². The van der Waals surface area contributed by atoms with Gasteiger partial charge in [-0.05, 0) is 35.7 Å². The van der Waals surface area contributed by atoms with Gasteiger partial charge >= 0.3 is 0 Å². The van der Waals surface area contributed by atoms with Crippen molar-refractivity contribution in [3.63, 3.8) is 0 Å². The number of benzene rings is 2. The normalized spacial score (nSPS) is 15.0. The van der Waals surface area contributed by atoms with E-state index < -0.39 is 0 Å².